The Morgan fingerprint density at radius 2 is 2.32 bits per heavy atom. The van der Waals surface area contributed by atoms with Crippen LogP contribution in [-0.4, -0.2) is 14.5 Å². The number of aliphatic hydroxyl groups is 1. The van der Waals surface area contributed by atoms with Crippen LogP contribution in [0.1, 0.15) is 25.1 Å². The van der Waals surface area contributed by atoms with E-state index in [9.17, 15) is 5.11 Å². The molecule has 0 saturated heterocycles. The molecule has 19 heavy (non-hydrogen) atoms. The van der Waals surface area contributed by atoms with E-state index in [1.54, 1.807) is 17.4 Å². The Hall–Kier alpha value is -1.36. The van der Waals surface area contributed by atoms with Crippen molar-refractivity contribution in [3.8, 4) is 10.6 Å². The standard InChI is InChI=1S/C14H13ClN2OS/c1-2-10(18)14-13(11-4-3-7-19-11)16-12-8-9(15)5-6-17(12)14/h3-8,10,18H,2H2,1H3. The van der Waals surface area contributed by atoms with Gasteiger partial charge in [-0.2, -0.15) is 0 Å². The van der Waals surface area contributed by atoms with Crippen LogP contribution in [0.15, 0.2) is 35.8 Å². The van der Waals surface area contributed by atoms with E-state index >= 15 is 0 Å². The van der Waals surface area contributed by atoms with Crippen molar-refractivity contribution in [3.05, 3.63) is 46.6 Å². The van der Waals surface area contributed by atoms with Gasteiger partial charge in [0, 0.05) is 17.3 Å². The van der Waals surface area contributed by atoms with Gasteiger partial charge in [-0.05, 0) is 23.9 Å². The molecule has 0 aliphatic carbocycles. The first-order valence-electron chi connectivity index (χ1n) is 6.10. The molecular formula is C14H13ClN2OS. The lowest BCUT2D eigenvalue weighted by Crippen LogP contribution is -2.01. The van der Waals surface area contributed by atoms with E-state index in [-0.39, 0.29) is 0 Å². The highest BCUT2D eigenvalue weighted by Gasteiger charge is 2.20. The highest BCUT2D eigenvalue weighted by atomic mass is 35.5. The molecule has 0 fully saturated rings. The fourth-order valence-corrected chi connectivity index (χ4v) is 3.02. The first kappa shape index (κ1) is 12.7. The summed E-state index contributed by atoms with van der Waals surface area (Å²) in [5.41, 5.74) is 2.43. The van der Waals surface area contributed by atoms with Gasteiger partial charge in [-0.15, -0.1) is 11.3 Å². The molecular weight excluding hydrogens is 280 g/mol. The van der Waals surface area contributed by atoms with E-state index in [0.717, 1.165) is 21.9 Å². The molecule has 0 saturated carbocycles. The summed E-state index contributed by atoms with van der Waals surface area (Å²) in [5.74, 6) is 0. The van der Waals surface area contributed by atoms with Crippen LogP contribution >= 0.6 is 22.9 Å². The minimum absolute atomic E-state index is 0.534. The maximum atomic E-state index is 10.3. The van der Waals surface area contributed by atoms with E-state index < -0.39 is 6.10 Å². The van der Waals surface area contributed by atoms with Gasteiger partial charge in [0.15, 0.2) is 0 Å². The topological polar surface area (TPSA) is 37.5 Å². The van der Waals surface area contributed by atoms with Gasteiger partial charge in [-0.1, -0.05) is 24.6 Å². The molecule has 3 nitrogen and oxygen atoms in total. The first-order valence-corrected chi connectivity index (χ1v) is 7.36. The second-order valence-corrected chi connectivity index (χ2v) is 5.70. The van der Waals surface area contributed by atoms with Gasteiger partial charge in [0.25, 0.3) is 0 Å². The number of nitrogens with zero attached hydrogens (tertiary/aromatic N) is 2. The second-order valence-electron chi connectivity index (χ2n) is 4.32. The number of halogens is 1. The lowest BCUT2D eigenvalue weighted by atomic mass is 10.1. The number of rotatable bonds is 3. The quantitative estimate of drug-likeness (QED) is 0.787. The summed E-state index contributed by atoms with van der Waals surface area (Å²) in [6.45, 7) is 1.96. The first-order chi connectivity index (χ1) is 9.20. The minimum Gasteiger partial charge on any atom is -0.387 e. The summed E-state index contributed by atoms with van der Waals surface area (Å²) in [4.78, 5) is 5.67. The molecule has 0 aliphatic heterocycles. The zero-order valence-corrected chi connectivity index (χ0v) is 11.9. The van der Waals surface area contributed by atoms with Crippen molar-refractivity contribution in [2.24, 2.45) is 0 Å². The Labute approximate surface area is 120 Å². The highest BCUT2D eigenvalue weighted by molar-refractivity contribution is 7.13. The lowest BCUT2D eigenvalue weighted by molar-refractivity contribution is 0.168. The molecule has 0 aliphatic rings. The Balaban J connectivity index is 2.31. The van der Waals surface area contributed by atoms with E-state index in [2.05, 4.69) is 4.98 Å². The fraction of sp³-hybridized carbons (Fsp3) is 0.214. The maximum absolute atomic E-state index is 10.3. The Morgan fingerprint density at radius 3 is 3.00 bits per heavy atom. The van der Waals surface area contributed by atoms with Crippen LogP contribution in [0.2, 0.25) is 5.02 Å². The summed E-state index contributed by atoms with van der Waals surface area (Å²) in [7, 11) is 0. The van der Waals surface area contributed by atoms with Gasteiger partial charge >= 0.3 is 0 Å². The predicted octanol–water partition coefficient (Wildman–Crippen LogP) is 4.16. The molecule has 0 amide bonds. The number of fused-ring (bicyclic) bond motifs is 1. The monoisotopic (exact) mass is 292 g/mol. The predicted molar refractivity (Wildman–Crippen MR) is 78.8 cm³/mol. The van der Waals surface area contributed by atoms with Gasteiger partial charge in [0.1, 0.15) is 11.3 Å². The fourth-order valence-electron chi connectivity index (χ4n) is 2.15. The smallest absolute Gasteiger partial charge is 0.139 e. The molecule has 0 spiro atoms. The molecule has 1 N–H and O–H groups in total. The zero-order chi connectivity index (χ0) is 13.4. The van der Waals surface area contributed by atoms with Crippen LogP contribution in [0, 0.1) is 0 Å². The summed E-state index contributed by atoms with van der Waals surface area (Å²) < 4.78 is 1.91. The number of thiophene rings is 1. The largest absolute Gasteiger partial charge is 0.387 e. The average Bonchev–Trinajstić information content (AvgIpc) is 3.03. The van der Waals surface area contributed by atoms with Crippen LogP contribution in [0.25, 0.3) is 16.2 Å². The van der Waals surface area contributed by atoms with Crippen LogP contribution in [0.4, 0.5) is 0 Å². The Morgan fingerprint density at radius 1 is 1.47 bits per heavy atom. The average molecular weight is 293 g/mol. The Bertz CT molecular complexity index is 706. The van der Waals surface area contributed by atoms with Crippen molar-refractivity contribution in [1.29, 1.82) is 0 Å². The molecule has 1 atom stereocenters. The van der Waals surface area contributed by atoms with Gasteiger partial charge in [0.05, 0.1) is 16.7 Å². The van der Waals surface area contributed by atoms with E-state index in [0.29, 0.717) is 11.4 Å². The summed E-state index contributed by atoms with van der Waals surface area (Å²) >= 11 is 7.62. The van der Waals surface area contributed by atoms with Crippen LogP contribution in [-0.2, 0) is 0 Å². The van der Waals surface area contributed by atoms with E-state index in [4.69, 9.17) is 11.6 Å². The van der Waals surface area contributed by atoms with Crippen LogP contribution in [0.3, 0.4) is 0 Å². The molecule has 3 rings (SSSR count). The number of aromatic nitrogens is 2. The van der Waals surface area contributed by atoms with Gasteiger partial charge in [-0.25, -0.2) is 4.98 Å². The van der Waals surface area contributed by atoms with E-state index in [1.165, 1.54) is 0 Å². The summed E-state index contributed by atoms with van der Waals surface area (Å²) in [6, 6.07) is 7.61. The molecule has 3 aromatic heterocycles. The maximum Gasteiger partial charge on any atom is 0.139 e. The molecule has 3 heterocycles. The second kappa shape index (κ2) is 4.96. The number of imidazole rings is 1. The summed E-state index contributed by atoms with van der Waals surface area (Å²) in [6.07, 6.45) is 1.97. The third kappa shape index (κ3) is 2.16. The molecule has 0 aromatic carbocycles. The normalized spacial score (nSPS) is 13.0. The number of hydrogen-bond donors (Lipinski definition) is 1. The highest BCUT2D eigenvalue weighted by Crippen LogP contribution is 2.33. The molecule has 0 bridgehead atoms. The van der Waals surface area contributed by atoms with Gasteiger partial charge in [-0.3, -0.25) is 0 Å². The number of hydrogen-bond acceptors (Lipinski definition) is 3. The zero-order valence-electron chi connectivity index (χ0n) is 10.4. The lowest BCUT2D eigenvalue weighted by Gasteiger charge is -2.09. The van der Waals surface area contributed by atoms with Crippen molar-refractivity contribution in [2.45, 2.75) is 19.4 Å². The van der Waals surface area contributed by atoms with Gasteiger partial charge < -0.3 is 9.51 Å². The molecule has 3 aromatic rings. The molecule has 5 heteroatoms. The van der Waals surface area contributed by atoms with Crippen molar-refractivity contribution < 1.29 is 5.11 Å². The third-order valence-electron chi connectivity index (χ3n) is 3.08. The van der Waals surface area contributed by atoms with Crippen molar-refractivity contribution in [2.75, 3.05) is 0 Å². The van der Waals surface area contributed by atoms with Crippen molar-refractivity contribution >= 4 is 28.6 Å². The van der Waals surface area contributed by atoms with Gasteiger partial charge in [0.2, 0.25) is 0 Å². The Kier molecular flexibility index (Phi) is 3.31. The molecule has 1 unspecified atom stereocenters. The molecule has 98 valence electrons. The summed E-state index contributed by atoms with van der Waals surface area (Å²) in [5, 5.41) is 12.9. The van der Waals surface area contributed by atoms with Crippen molar-refractivity contribution in [1.82, 2.24) is 9.38 Å². The van der Waals surface area contributed by atoms with Crippen LogP contribution in [0.5, 0.6) is 0 Å². The number of aliphatic hydroxyl groups excluding tert-OH is 1. The van der Waals surface area contributed by atoms with E-state index in [1.807, 2.05) is 41.1 Å². The third-order valence-corrected chi connectivity index (χ3v) is 4.19. The SMILES string of the molecule is CCC(O)c1c(-c2cccs2)nc2cc(Cl)ccn12. The minimum atomic E-state index is -0.534. The molecule has 0 radical (unpaired) electrons. The van der Waals surface area contributed by atoms with Crippen molar-refractivity contribution in [3.63, 3.8) is 0 Å². The number of pyridine rings is 1. The van der Waals surface area contributed by atoms with Crippen LogP contribution < -0.4 is 0 Å².